The van der Waals surface area contributed by atoms with Crippen molar-refractivity contribution < 1.29 is 14.2 Å². The Bertz CT molecular complexity index is 753. The largest absolute Gasteiger partial charge is 0.497 e. The van der Waals surface area contributed by atoms with Crippen LogP contribution < -0.4 is 9.47 Å². The Morgan fingerprint density at radius 3 is 2.65 bits per heavy atom. The summed E-state index contributed by atoms with van der Waals surface area (Å²) in [5, 5.41) is 0. The highest BCUT2D eigenvalue weighted by molar-refractivity contribution is 5.44. The summed E-state index contributed by atoms with van der Waals surface area (Å²) in [6.07, 6.45) is 4.73. The van der Waals surface area contributed by atoms with Crippen molar-refractivity contribution in [1.82, 2.24) is 0 Å². The quantitative estimate of drug-likeness (QED) is 0.744. The molecule has 138 valence electrons. The zero-order valence-electron chi connectivity index (χ0n) is 15.9. The van der Waals surface area contributed by atoms with Crippen molar-refractivity contribution in [2.45, 2.75) is 57.3 Å². The van der Waals surface area contributed by atoms with Gasteiger partial charge < -0.3 is 14.2 Å². The van der Waals surface area contributed by atoms with E-state index in [1.807, 2.05) is 12.1 Å². The normalized spacial score (nSPS) is 26.3. The summed E-state index contributed by atoms with van der Waals surface area (Å²) in [7, 11) is 1.71. The molecular formula is C23H28O3. The third-order valence-corrected chi connectivity index (χ3v) is 5.89. The molecule has 0 unspecified atom stereocenters. The van der Waals surface area contributed by atoms with Crippen LogP contribution in [-0.4, -0.2) is 18.8 Å². The minimum atomic E-state index is -0.212. The summed E-state index contributed by atoms with van der Waals surface area (Å²) in [5.41, 5.74) is 2.31. The summed E-state index contributed by atoms with van der Waals surface area (Å²) in [4.78, 5) is 0. The summed E-state index contributed by atoms with van der Waals surface area (Å²) in [5.74, 6) is 2.16. The molecule has 4 rings (SSSR count). The maximum atomic E-state index is 6.64. The molecule has 0 spiro atoms. The molecule has 1 fully saturated rings. The molecule has 3 atom stereocenters. The van der Waals surface area contributed by atoms with Crippen LogP contribution in [0.2, 0.25) is 0 Å². The maximum absolute atomic E-state index is 6.64. The van der Waals surface area contributed by atoms with Crippen LogP contribution in [0.1, 0.15) is 50.3 Å². The lowest BCUT2D eigenvalue weighted by molar-refractivity contribution is -0.150. The monoisotopic (exact) mass is 352 g/mol. The van der Waals surface area contributed by atoms with E-state index in [-0.39, 0.29) is 11.7 Å². The molecule has 0 N–H and O–H groups in total. The lowest BCUT2D eigenvalue weighted by atomic mass is 9.75. The highest BCUT2D eigenvalue weighted by Crippen LogP contribution is 2.51. The number of benzene rings is 2. The van der Waals surface area contributed by atoms with E-state index in [0.717, 1.165) is 42.7 Å². The van der Waals surface area contributed by atoms with Gasteiger partial charge in [0.15, 0.2) is 0 Å². The van der Waals surface area contributed by atoms with Gasteiger partial charge >= 0.3 is 0 Å². The Balaban J connectivity index is 1.54. The topological polar surface area (TPSA) is 27.7 Å². The van der Waals surface area contributed by atoms with Crippen molar-refractivity contribution in [2.24, 2.45) is 5.92 Å². The van der Waals surface area contributed by atoms with Crippen LogP contribution in [0.15, 0.2) is 48.5 Å². The van der Waals surface area contributed by atoms with E-state index in [9.17, 15) is 0 Å². The van der Waals surface area contributed by atoms with E-state index >= 15 is 0 Å². The fourth-order valence-electron chi connectivity index (χ4n) is 4.40. The second-order valence-corrected chi connectivity index (χ2v) is 8.00. The summed E-state index contributed by atoms with van der Waals surface area (Å²) in [6, 6.07) is 16.7. The van der Waals surface area contributed by atoms with Crippen LogP contribution in [0, 0.1) is 5.92 Å². The fraction of sp³-hybridized carbons (Fsp3) is 0.478. The molecule has 2 aromatic rings. The predicted molar refractivity (Wildman–Crippen MR) is 103 cm³/mol. The van der Waals surface area contributed by atoms with E-state index in [0.29, 0.717) is 12.0 Å². The second-order valence-electron chi connectivity index (χ2n) is 8.00. The summed E-state index contributed by atoms with van der Waals surface area (Å²) in [6.45, 7) is 4.37. The molecule has 3 heteroatoms. The molecule has 0 saturated carbocycles. The molecule has 26 heavy (non-hydrogen) atoms. The number of fused-ring (bicyclic) bond motifs is 3. The van der Waals surface area contributed by atoms with Crippen LogP contribution >= 0.6 is 0 Å². The van der Waals surface area contributed by atoms with Crippen LogP contribution in [0.4, 0.5) is 0 Å². The minimum absolute atomic E-state index is 0.0818. The third-order valence-electron chi connectivity index (χ3n) is 5.89. The molecule has 2 heterocycles. The Hall–Kier alpha value is -2.00. The zero-order chi connectivity index (χ0) is 18.1. The third kappa shape index (κ3) is 3.33. The van der Waals surface area contributed by atoms with E-state index < -0.39 is 0 Å². The van der Waals surface area contributed by atoms with Crippen LogP contribution in [0.3, 0.4) is 0 Å². The molecule has 0 aromatic heterocycles. The van der Waals surface area contributed by atoms with E-state index in [1.54, 1.807) is 7.11 Å². The molecule has 2 aliphatic heterocycles. The Morgan fingerprint density at radius 2 is 1.88 bits per heavy atom. The van der Waals surface area contributed by atoms with Gasteiger partial charge in [0, 0.05) is 11.5 Å². The molecule has 3 nitrogen and oxygen atoms in total. The molecule has 2 aliphatic rings. The van der Waals surface area contributed by atoms with Crippen molar-refractivity contribution in [3.8, 4) is 11.5 Å². The molecule has 0 aliphatic carbocycles. The van der Waals surface area contributed by atoms with Gasteiger partial charge in [-0.15, -0.1) is 0 Å². The zero-order valence-corrected chi connectivity index (χ0v) is 15.9. The number of aryl methyl sites for hydroxylation is 1. The summed E-state index contributed by atoms with van der Waals surface area (Å²) < 4.78 is 18.4. The number of ether oxygens (including phenoxy) is 3. The molecule has 0 bridgehead atoms. The van der Waals surface area contributed by atoms with Crippen molar-refractivity contribution in [1.29, 1.82) is 0 Å². The number of hydrogen-bond acceptors (Lipinski definition) is 3. The van der Waals surface area contributed by atoms with Gasteiger partial charge in [0.25, 0.3) is 0 Å². The van der Waals surface area contributed by atoms with Gasteiger partial charge in [-0.2, -0.15) is 0 Å². The lowest BCUT2D eigenvalue weighted by Gasteiger charge is -2.48. The van der Waals surface area contributed by atoms with Crippen LogP contribution in [-0.2, 0) is 11.2 Å². The van der Waals surface area contributed by atoms with Crippen molar-refractivity contribution in [2.75, 3.05) is 7.11 Å². The first-order chi connectivity index (χ1) is 12.6. The SMILES string of the molecule is COc1ccc2c(c1)[C@H]1O[C@@H](CCc3ccccc3)CC[C@@H]1C(C)(C)O2. The van der Waals surface area contributed by atoms with Crippen molar-refractivity contribution >= 4 is 0 Å². The summed E-state index contributed by atoms with van der Waals surface area (Å²) >= 11 is 0. The molecular weight excluding hydrogens is 324 g/mol. The standard InChI is InChI=1S/C23H28O3/c1-23(2)20-13-11-17(10-9-16-7-5-4-6-8-16)25-22(20)19-15-18(24-3)12-14-21(19)26-23/h4-8,12,14-15,17,20,22H,9-11,13H2,1-3H3/t17-,20-,22+/m0/s1. The van der Waals surface area contributed by atoms with E-state index in [4.69, 9.17) is 14.2 Å². The van der Waals surface area contributed by atoms with Gasteiger partial charge in [0.2, 0.25) is 0 Å². The average molecular weight is 352 g/mol. The average Bonchev–Trinajstić information content (AvgIpc) is 2.66. The van der Waals surface area contributed by atoms with Gasteiger partial charge in [-0.3, -0.25) is 0 Å². The van der Waals surface area contributed by atoms with E-state index in [1.165, 1.54) is 5.56 Å². The number of methoxy groups -OCH3 is 1. The number of hydrogen-bond donors (Lipinski definition) is 0. The van der Waals surface area contributed by atoms with Gasteiger partial charge in [0.05, 0.1) is 19.3 Å². The van der Waals surface area contributed by atoms with Crippen LogP contribution in [0.25, 0.3) is 0 Å². The maximum Gasteiger partial charge on any atom is 0.126 e. The Morgan fingerprint density at radius 1 is 1.08 bits per heavy atom. The molecule has 0 amide bonds. The van der Waals surface area contributed by atoms with Crippen LogP contribution in [0.5, 0.6) is 11.5 Å². The first-order valence-corrected chi connectivity index (χ1v) is 9.63. The molecule has 1 saturated heterocycles. The van der Waals surface area contributed by atoms with Crippen molar-refractivity contribution in [3.63, 3.8) is 0 Å². The molecule has 2 aromatic carbocycles. The lowest BCUT2D eigenvalue weighted by Crippen LogP contribution is -2.48. The van der Waals surface area contributed by atoms with Gasteiger partial charge in [-0.25, -0.2) is 0 Å². The Labute approximate surface area is 156 Å². The first kappa shape index (κ1) is 17.4. The minimum Gasteiger partial charge on any atom is -0.497 e. The highest BCUT2D eigenvalue weighted by atomic mass is 16.5. The fourth-order valence-corrected chi connectivity index (χ4v) is 4.40. The van der Waals surface area contributed by atoms with Gasteiger partial charge in [0.1, 0.15) is 17.1 Å². The predicted octanol–water partition coefficient (Wildman–Crippen LogP) is 5.34. The Kier molecular flexibility index (Phi) is 4.66. The van der Waals surface area contributed by atoms with Gasteiger partial charge in [-0.05, 0) is 63.3 Å². The smallest absolute Gasteiger partial charge is 0.126 e. The van der Waals surface area contributed by atoms with Crippen molar-refractivity contribution in [3.05, 3.63) is 59.7 Å². The highest BCUT2D eigenvalue weighted by Gasteiger charge is 2.47. The second kappa shape index (κ2) is 6.96. The van der Waals surface area contributed by atoms with Gasteiger partial charge in [-0.1, -0.05) is 30.3 Å². The molecule has 0 radical (unpaired) electrons. The van der Waals surface area contributed by atoms with E-state index in [2.05, 4.69) is 50.2 Å². The number of rotatable bonds is 4. The first-order valence-electron chi connectivity index (χ1n) is 9.63.